The van der Waals surface area contributed by atoms with Crippen LogP contribution in [-0.2, 0) is 4.79 Å². The minimum Gasteiger partial charge on any atom is -0.478 e. The highest BCUT2D eigenvalue weighted by atomic mass is 16.4. The summed E-state index contributed by atoms with van der Waals surface area (Å²) in [6.07, 6.45) is 5.96. The average molecular weight is 194 g/mol. The van der Waals surface area contributed by atoms with E-state index in [1.54, 1.807) is 12.2 Å². The van der Waals surface area contributed by atoms with Gasteiger partial charge in [-0.1, -0.05) is 44.7 Å². The number of hydrogen-bond donors (Lipinski definition) is 1. The van der Waals surface area contributed by atoms with Crippen molar-refractivity contribution in [1.29, 1.82) is 0 Å². The highest BCUT2D eigenvalue weighted by molar-refractivity contribution is 5.80. The Morgan fingerprint density at radius 1 is 1.07 bits per heavy atom. The minimum atomic E-state index is -0.972. The van der Waals surface area contributed by atoms with Crippen molar-refractivity contribution in [2.45, 2.75) is 20.8 Å². The lowest BCUT2D eigenvalue weighted by Crippen LogP contribution is -1.85. The second kappa shape index (κ2) is 9.52. The molecule has 0 aromatic carbocycles. The van der Waals surface area contributed by atoms with Gasteiger partial charge in [0, 0.05) is 6.08 Å². The summed E-state index contributed by atoms with van der Waals surface area (Å²) in [5.74, 6) is -0.972. The first-order chi connectivity index (χ1) is 6.52. The van der Waals surface area contributed by atoms with E-state index < -0.39 is 5.97 Å². The quantitative estimate of drug-likeness (QED) is 0.550. The van der Waals surface area contributed by atoms with Gasteiger partial charge < -0.3 is 5.11 Å². The smallest absolute Gasteiger partial charge is 0.328 e. The number of rotatable bonds is 4. The van der Waals surface area contributed by atoms with Gasteiger partial charge in [0.25, 0.3) is 0 Å². The Hall–Kier alpha value is -1.57. The van der Waals surface area contributed by atoms with Gasteiger partial charge in [0.15, 0.2) is 0 Å². The molecule has 14 heavy (non-hydrogen) atoms. The van der Waals surface area contributed by atoms with Crippen molar-refractivity contribution < 1.29 is 9.90 Å². The summed E-state index contributed by atoms with van der Waals surface area (Å²) in [6, 6.07) is 0. The summed E-state index contributed by atoms with van der Waals surface area (Å²) < 4.78 is 0. The summed E-state index contributed by atoms with van der Waals surface area (Å²) in [7, 11) is 0. The number of aliphatic carboxylic acids is 1. The molecule has 0 aromatic heterocycles. The van der Waals surface area contributed by atoms with Crippen molar-refractivity contribution in [3.63, 3.8) is 0 Å². The third-order valence-electron chi connectivity index (χ3n) is 1.02. The Bertz CT molecular complexity index is 231. The SMILES string of the molecule is C=C(C)/C=C\C(=C)/C=C/C(=O)O.CC. The molecular formula is C12H18O2. The van der Waals surface area contributed by atoms with Crippen LogP contribution >= 0.6 is 0 Å². The molecule has 78 valence electrons. The zero-order valence-corrected chi connectivity index (χ0v) is 9.08. The summed E-state index contributed by atoms with van der Waals surface area (Å²) in [4.78, 5) is 10.1. The molecule has 0 spiro atoms. The normalized spacial score (nSPS) is 9.64. The second-order valence-corrected chi connectivity index (χ2v) is 2.43. The van der Waals surface area contributed by atoms with E-state index in [1.807, 2.05) is 20.8 Å². The van der Waals surface area contributed by atoms with E-state index in [-0.39, 0.29) is 0 Å². The van der Waals surface area contributed by atoms with Crippen LogP contribution in [0.15, 0.2) is 48.6 Å². The number of carboxylic acid groups (broad SMARTS) is 1. The topological polar surface area (TPSA) is 37.3 Å². The van der Waals surface area contributed by atoms with Gasteiger partial charge >= 0.3 is 5.97 Å². The van der Waals surface area contributed by atoms with Crippen LogP contribution in [-0.4, -0.2) is 11.1 Å². The summed E-state index contributed by atoms with van der Waals surface area (Å²) in [5, 5.41) is 8.27. The van der Waals surface area contributed by atoms with Crippen molar-refractivity contribution >= 4 is 5.97 Å². The molecular weight excluding hydrogens is 176 g/mol. The first-order valence-corrected chi connectivity index (χ1v) is 4.46. The van der Waals surface area contributed by atoms with Crippen LogP contribution in [0.5, 0.6) is 0 Å². The number of carboxylic acids is 1. The van der Waals surface area contributed by atoms with Crippen LogP contribution in [0, 0.1) is 0 Å². The molecule has 0 amide bonds. The molecule has 0 saturated heterocycles. The van der Waals surface area contributed by atoms with Crippen molar-refractivity contribution in [2.24, 2.45) is 0 Å². The molecule has 0 atom stereocenters. The van der Waals surface area contributed by atoms with Crippen LogP contribution in [0.25, 0.3) is 0 Å². The van der Waals surface area contributed by atoms with Crippen molar-refractivity contribution in [1.82, 2.24) is 0 Å². The molecule has 2 heteroatoms. The van der Waals surface area contributed by atoms with Gasteiger partial charge in [-0.25, -0.2) is 4.79 Å². The molecule has 1 N–H and O–H groups in total. The van der Waals surface area contributed by atoms with Gasteiger partial charge in [-0.15, -0.1) is 0 Å². The van der Waals surface area contributed by atoms with E-state index >= 15 is 0 Å². The zero-order chi connectivity index (χ0) is 11.6. The van der Waals surface area contributed by atoms with Crippen molar-refractivity contribution in [3.8, 4) is 0 Å². The summed E-state index contributed by atoms with van der Waals surface area (Å²) in [5.41, 5.74) is 1.54. The van der Waals surface area contributed by atoms with Crippen LogP contribution in [0.4, 0.5) is 0 Å². The Morgan fingerprint density at radius 3 is 1.86 bits per heavy atom. The molecule has 2 nitrogen and oxygen atoms in total. The maximum absolute atomic E-state index is 10.1. The van der Waals surface area contributed by atoms with E-state index in [0.29, 0.717) is 5.57 Å². The zero-order valence-electron chi connectivity index (χ0n) is 9.08. The monoisotopic (exact) mass is 194 g/mol. The van der Waals surface area contributed by atoms with Crippen LogP contribution in [0.3, 0.4) is 0 Å². The van der Waals surface area contributed by atoms with Crippen molar-refractivity contribution in [2.75, 3.05) is 0 Å². The predicted octanol–water partition coefficient (Wildman–Crippen LogP) is 3.34. The van der Waals surface area contributed by atoms with Gasteiger partial charge in [0.2, 0.25) is 0 Å². The fourth-order valence-electron chi connectivity index (χ4n) is 0.483. The first kappa shape index (κ1) is 14.9. The van der Waals surface area contributed by atoms with Gasteiger partial charge in [0.05, 0.1) is 0 Å². The highest BCUT2D eigenvalue weighted by Crippen LogP contribution is 1.98. The largest absolute Gasteiger partial charge is 0.478 e. The fourth-order valence-corrected chi connectivity index (χ4v) is 0.483. The van der Waals surface area contributed by atoms with Crippen LogP contribution < -0.4 is 0 Å². The molecule has 0 radical (unpaired) electrons. The molecule has 0 fully saturated rings. The Balaban J connectivity index is 0. The maximum atomic E-state index is 10.1. The Labute approximate surface area is 86.0 Å². The molecule has 0 aliphatic carbocycles. The van der Waals surface area contributed by atoms with Gasteiger partial charge in [-0.05, 0) is 18.6 Å². The van der Waals surface area contributed by atoms with Gasteiger partial charge in [-0.2, -0.15) is 0 Å². The molecule has 0 aliphatic rings. The third-order valence-corrected chi connectivity index (χ3v) is 1.02. The van der Waals surface area contributed by atoms with E-state index in [4.69, 9.17) is 5.11 Å². The lowest BCUT2D eigenvalue weighted by Gasteiger charge is -1.88. The summed E-state index contributed by atoms with van der Waals surface area (Å²) in [6.45, 7) is 13.1. The van der Waals surface area contributed by atoms with Crippen LogP contribution in [0.1, 0.15) is 20.8 Å². The molecule has 0 aliphatic heterocycles. The Kier molecular flexibility index (Phi) is 10.1. The van der Waals surface area contributed by atoms with E-state index in [0.717, 1.165) is 11.6 Å². The number of allylic oxidation sites excluding steroid dienone is 5. The van der Waals surface area contributed by atoms with Crippen molar-refractivity contribution in [3.05, 3.63) is 48.6 Å². The van der Waals surface area contributed by atoms with E-state index in [2.05, 4.69) is 13.2 Å². The lowest BCUT2D eigenvalue weighted by atomic mass is 10.2. The molecule has 0 aromatic rings. The van der Waals surface area contributed by atoms with E-state index in [9.17, 15) is 4.79 Å². The molecule has 0 rings (SSSR count). The molecule has 0 heterocycles. The fraction of sp³-hybridized carbons (Fsp3) is 0.250. The average Bonchev–Trinajstić information content (AvgIpc) is 2.14. The van der Waals surface area contributed by atoms with Crippen LogP contribution in [0.2, 0.25) is 0 Å². The van der Waals surface area contributed by atoms with E-state index in [1.165, 1.54) is 6.08 Å². The number of carbonyl (C=O) groups is 1. The highest BCUT2D eigenvalue weighted by Gasteiger charge is 1.85. The molecule has 0 saturated carbocycles. The summed E-state index contributed by atoms with van der Waals surface area (Å²) >= 11 is 0. The van der Waals surface area contributed by atoms with Gasteiger partial charge in [-0.3, -0.25) is 0 Å². The minimum absolute atomic E-state index is 0.639. The standard InChI is InChI=1S/C10H12O2.C2H6/c1-8(2)4-5-9(3)6-7-10(11)12;1-2/h4-7H,1,3H2,2H3,(H,11,12);1-2H3/b5-4-,7-6+;. The molecule has 0 bridgehead atoms. The maximum Gasteiger partial charge on any atom is 0.328 e. The predicted molar refractivity (Wildman–Crippen MR) is 61.2 cm³/mol. The first-order valence-electron chi connectivity index (χ1n) is 4.46. The third kappa shape index (κ3) is 13.1. The lowest BCUT2D eigenvalue weighted by molar-refractivity contribution is -0.131. The van der Waals surface area contributed by atoms with Gasteiger partial charge in [0.1, 0.15) is 0 Å². The second-order valence-electron chi connectivity index (χ2n) is 2.43. The molecule has 0 unspecified atom stereocenters. The Morgan fingerprint density at radius 2 is 1.50 bits per heavy atom. The number of hydrogen-bond acceptors (Lipinski definition) is 1.